The van der Waals surface area contributed by atoms with E-state index in [0.717, 1.165) is 32.9 Å². The molecule has 0 aliphatic heterocycles. The predicted molar refractivity (Wildman–Crippen MR) is 102 cm³/mol. The van der Waals surface area contributed by atoms with E-state index in [-0.39, 0.29) is 5.69 Å². The number of halogens is 2. The van der Waals surface area contributed by atoms with Gasteiger partial charge in [0.25, 0.3) is 10.0 Å². The topological polar surface area (TPSA) is 59.1 Å². The lowest BCUT2D eigenvalue weighted by Gasteiger charge is -2.09. The third kappa shape index (κ3) is 3.67. The van der Waals surface area contributed by atoms with Crippen LogP contribution in [-0.2, 0) is 10.0 Å². The quantitative estimate of drug-likeness (QED) is 0.520. The first-order valence-electron chi connectivity index (χ1n) is 7.86. The molecule has 4 aromatic rings. The standard InChI is InChI=1S/C19H12F2N2O2S2/c20-13-9-14(21)11-16(10-13)27(24,25)23-15-7-5-12(6-8-15)19-22-17-3-1-2-4-18(17)26-19/h1-11,23H. The van der Waals surface area contributed by atoms with Crippen molar-refractivity contribution in [2.45, 2.75) is 4.90 Å². The number of thiazole rings is 1. The monoisotopic (exact) mass is 402 g/mol. The van der Waals surface area contributed by atoms with Crippen molar-refractivity contribution in [3.05, 3.63) is 78.4 Å². The second-order valence-electron chi connectivity index (χ2n) is 5.77. The highest BCUT2D eigenvalue weighted by atomic mass is 32.2. The predicted octanol–water partition coefficient (Wildman–Crippen LogP) is 5.04. The summed E-state index contributed by atoms with van der Waals surface area (Å²) in [5.41, 5.74) is 2.02. The third-order valence-electron chi connectivity index (χ3n) is 3.82. The number of anilines is 1. The van der Waals surface area contributed by atoms with Gasteiger partial charge in [0, 0.05) is 17.3 Å². The molecule has 0 saturated heterocycles. The highest BCUT2D eigenvalue weighted by Gasteiger charge is 2.17. The van der Waals surface area contributed by atoms with Crippen LogP contribution < -0.4 is 4.72 Å². The Morgan fingerprint density at radius 2 is 1.56 bits per heavy atom. The number of nitrogens with one attached hydrogen (secondary N) is 1. The van der Waals surface area contributed by atoms with Crippen molar-refractivity contribution in [2.24, 2.45) is 0 Å². The SMILES string of the molecule is O=S(=O)(Nc1ccc(-c2nc3ccccc3s2)cc1)c1cc(F)cc(F)c1. The molecule has 1 heterocycles. The second kappa shape index (κ2) is 6.71. The Bertz CT molecular complexity index is 1180. The first-order chi connectivity index (χ1) is 12.9. The first kappa shape index (κ1) is 17.6. The smallest absolute Gasteiger partial charge is 0.262 e. The number of para-hydroxylation sites is 1. The van der Waals surface area contributed by atoms with E-state index in [1.165, 1.54) is 11.3 Å². The molecule has 8 heteroatoms. The minimum atomic E-state index is -4.10. The fourth-order valence-corrected chi connectivity index (χ4v) is 4.65. The van der Waals surface area contributed by atoms with Gasteiger partial charge in [-0.1, -0.05) is 12.1 Å². The Morgan fingerprint density at radius 1 is 0.889 bits per heavy atom. The zero-order valence-corrected chi connectivity index (χ0v) is 15.3. The summed E-state index contributed by atoms with van der Waals surface area (Å²) in [6.45, 7) is 0. The molecule has 27 heavy (non-hydrogen) atoms. The molecule has 0 saturated carbocycles. The molecule has 0 aliphatic rings. The summed E-state index contributed by atoms with van der Waals surface area (Å²) in [6.07, 6.45) is 0. The highest BCUT2D eigenvalue weighted by Crippen LogP contribution is 2.31. The molecule has 0 radical (unpaired) electrons. The second-order valence-corrected chi connectivity index (χ2v) is 8.49. The van der Waals surface area contributed by atoms with Crippen molar-refractivity contribution in [2.75, 3.05) is 4.72 Å². The average Bonchev–Trinajstić information content (AvgIpc) is 3.05. The van der Waals surface area contributed by atoms with Crippen molar-refractivity contribution in [1.82, 2.24) is 4.98 Å². The molecule has 0 spiro atoms. The average molecular weight is 402 g/mol. The van der Waals surface area contributed by atoms with Gasteiger partial charge in [-0.2, -0.15) is 0 Å². The Morgan fingerprint density at radius 3 is 2.22 bits per heavy atom. The Balaban J connectivity index is 1.60. The fourth-order valence-electron chi connectivity index (χ4n) is 2.57. The number of rotatable bonds is 4. The molecule has 136 valence electrons. The molecular weight excluding hydrogens is 390 g/mol. The number of benzene rings is 3. The van der Waals surface area contributed by atoms with Gasteiger partial charge in [-0.3, -0.25) is 4.72 Å². The van der Waals surface area contributed by atoms with Gasteiger partial charge in [0.1, 0.15) is 16.6 Å². The molecule has 4 rings (SSSR count). The summed E-state index contributed by atoms with van der Waals surface area (Å²) in [6, 6.07) is 16.5. The van der Waals surface area contributed by atoms with E-state index in [1.54, 1.807) is 24.3 Å². The molecule has 1 N–H and O–H groups in total. The van der Waals surface area contributed by atoms with Gasteiger partial charge in [0.05, 0.1) is 15.1 Å². The molecule has 1 aromatic heterocycles. The maximum Gasteiger partial charge on any atom is 0.262 e. The molecule has 0 fully saturated rings. The van der Waals surface area contributed by atoms with Crippen molar-refractivity contribution in [3.8, 4) is 10.6 Å². The van der Waals surface area contributed by atoms with Crippen LogP contribution in [0.25, 0.3) is 20.8 Å². The normalized spacial score (nSPS) is 11.6. The van der Waals surface area contributed by atoms with Crippen LogP contribution >= 0.6 is 11.3 Å². The van der Waals surface area contributed by atoms with Gasteiger partial charge < -0.3 is 0 Å². The van der Waals surface area contributed by atoms with Gasteiger partial charge in [-0.25, -0.2) is 22.2 Å². The lowest BCUT2D eigenvalue weighted by molar-refractivity contribution is 0.568. The van der Waals surface area contributed by atoms with Gasteiger partial charge >= 0.3 is 0 Å². The van der Waals surface area contributed by atoms with E-state index in [4.69, 9.17) is 0 Å². The summed E-state index contributed by atoms with van der Waals surface area (Å²) < 4.78 is 54.6. The van der Waals surface area contributed by atoms with Crippen molar-refractivity contribution >= 4 is 37.3 Å². The lowest BCUT2D eigenvalue weighted by atomic mass is 10.2. The maximum atomic E-state index is 13.3. The summed E-state index contributed by atoms with van der Waals surface area (Å²) in [5.74, 6) is -1.91. The van der Waals surface area contributed by atoms with E-state index >= 15 is 0 Å². The molecule has 0 aliphatic carbocycles. The van der Waals surface area contributed by atoms with Crippen LogP contribution in [-0.4, -0.2) is 13.4 Å². The maximum absolute atomic E-state index is 13.3. The molecule has 3 aromatic carbocycles. The number of fused-ring (bicyclic) bond motifs is 1. The summed E-state index contributed by atoms with van der Waals surface area (Å²) >= 11 is 1.54. The van der Waals surface area contributed by atoms with Gasteiger partial charge in [0.15, 0.2) is 0 Å². The van der Waals surface area contributed by atoms with E-state index in [1.807, 2.05) is 24.3 Å². The van der Waals surface area contributed by atoms with Crippen LogP contribution in [0.4, 0.5) is 14.5 Å². The zero-order valence-electron chi connectivity index (χ0n) is 13.7. The summed E-state index contributed by atoms with van der Waals surface area (Å²) in [5, 5.41) is 0.817. The van der Waals surface area contributed by atoms with Crippen molar-refractivity contribution in [1.29, 1.82) is 0 Å². The van der Waals surface area contributed by atoms with Gasteiger partial charge in [0.2, 0.25) is 0 Å². The van der Waals surface area contributed by atoms with Crippen LogP contribution in [0, 0.1) is 11.6 Å². The number of nitrogens with zero attached hydrogens (tertiary/aromatic N) is 1. The van der Waals surface area contributed by atoms with Crippen LogP contribution in [0.5, 0.6) is 0 Å². The van der Waals surface area contributed by atoms with Crippen LogP contribution in [0.2, 0.25) is 0 Å². The molecule has 0 amide bonds. The molecule has 0 bridgehead atoms. The Hall–Kier alpha value is -2.84. The van der Waals surface area contributed by atoms with Gasteiger partial charge in [-0.05, 0) is 48.5 Å². The van der Waals surface area contributed by atoms with Crippen molar-refractivity contribution < 1.29 is 17.2 Å². The number of hydrogen-bond donors (Lipinski definition) is 1. The number of aromatic nitrogens is 1. The highest BCUT2D eigenvalue weighted by molar-refractivity contribution is 7.92. The third-order valence-corrected chi connectivity index (χ3v) is 6.27. The first-order valence-corrected chi connectivity index (χ1v) is 10.2. The minimum Gasteiger partial charge on any atom is -0.280 e. The van der Waals surface area contributed by atoms with Crippen molar-refractivity contribution in [3.63, 3.8) is 0 Å². The summed E-state index contributed by atoms with van der Waals surface area (Å²) in [7, 11) is -4.10. The van der Waals surface area contributed by atoms with E-state index < -0.39 is 26.6 Å². The fraction of sp³-hybridized carbons (Fsp3) is 0. The van der Waals surface area contributed by atoms with E-state index in [0.29, 0.717) is 6.07 Å². The minimum absolute atomic E-state index is 0.282. The van der Waals surface area contributed by atoms with E-state index in [9.17, 15) is 17.2 Å². The largest absolute Gasteiger partial charge is 0.280 e. The Labute approximate surface area is 158 Å². The summed E-state index contributed by atoms with van der Waals surface area (Å²) in [4.78, 5) is 4.07. The van der Waals surface area contributed by atoms with Crippen LogP contribution in [0.1, 0.15) is 0 Å². The molecule has 4 nitrogen and oxygen atoms in total. The molecule has 0 unspecified atom stereocenters. The number of hydrogen-bond acceptors (Lipinski definition) is 4. The Kier molecular flexibility index (Phi) is 4.37. The van der Waals surface area contributed by atoms with Gasteiger partial charge in [-0.15, -0.1) is 11.3 Å². The van der Waals surface area contributed by atoms with Crippen LogP contribution in [0.15, 0.2) is 71.6 Å². The molecular formula is C19H12F2N2O2S2. The zero-order chi connectivity index (χ0) is 19.0. The number of sulfonamides is 1. The van der Waals surface area contributed by atoms with E-state index in [2.05, 4.69) is 9.71 Å². The lowest BCUT2D eigenvalue weighted by Crippen LogP contribution is -2.13. The molecule has 0 atom stereocenters. The van der Waals surface area contributed by atoms with Crippen LogP contribution in [0.3, 0.4) is 0 Å².